The molecule has 0 saturated heterocycles. The Labute approximate surface area is 156 Å². The van der Waals surface area contributed by atoms with Gasteiger partial charge in [-0.25, -0.2) is 0 Å². The minimum atomic E-state index is -0.154. The number of hydrogen-bond donors (Lipinski definition) is 0. The van der Waals surface area contributed by atoms with Crippen LogP contribution in [-0.2, 0) is 6.42 Å². The van der Waals surface area contributed by atoms with Crippen molar-refractivity contribution in [2.24, 2.45) is 11.8 Å². The highest BCUT2D eigenvalue weighted by atomic mass is 19.1. The molecule has 3 rings (SSSR count). The smallest absolute Gasteiger partial charge is 0.0991 e. The van der Waals surface area contributed by atoms with E-state index >= 15 is 0 Å². The largest absolute Gasteiger partial charge is 0.251 e. The zero-order valence-corrected chi connectivity index (χ0v) is 15.5. The van der Waals surface area contributed by atoms with Gasteiger partial charge in [0.05, 0.1) is 18.3 Å². The molecule has 0 radical (unpaired) electrons. The second-order valence-electron chi connectivity index (χ2n) is 7.64. The highest BCUT2D eigenvalue weighted by molar-refractivity contribution is 5.64. The zero-order chi connectivity index (χ0) is 18.2. The summed E-state index contributed by atoms with van der Waals surface area (Å²) in [6.45, 7) is -0.154. The van der Waals surface area contributed by atoms with E-state index in [0.717, 1.165) is 36.7 Å². The van der Waals surface area contributed by atoms with Crippen molar-refractivity contribution < 1.29 is 4.39 Å². The number of benzene rings is 2. The SMILES string of the molecule is N#Cc1ccc(-c2ccc(CCC3CCC(CCCF)CC3)cc2)cc1. The van der Waals surface area contributed by atoms with Crippen LogP contribution in [0.1, 0.15) is 56.1 Å². The first-order chi connectivity index (χ1) is 12.8. The highest BCUT2D eigenvalue weighted by Gasteiger charge is 2.20. The van der Waals surface area contributed by atoms with Crippen molar-refractivity contribution in [3.8, 4) is 17.2 Å². The summed E-state index contributed by atoms with van der Waals surface area (Å²) in [6, 6.07) is 18.8. The first-order valence-corrected chi connectivity index (χ1v) is 9.94. The average molecular weight is 349 g/mol. The quantitative estimate of drug-likeness (QED) is 0.544. The number of alkyl halides is 1. The predicted molar refractivity (Wildman–Crippen MR) is 106 cm³/mol. The summed E-state index contributed by atoms with van der Waals surface area (Å²) in [5.74, 6) is 1.61. The van der Waals surface area contributed by atoms with Crippen LogP contribution in [0.5, 0.6) is 0 Å². The van der Waals surface area contributed by atoms with Gasteiger partial charge in [0.2, 0.25) is 0 Å². The van der Waals surface area contributed by atoms with Crippen LogP contribution < -0.4 is 0 Å². The second kappa shape index (κ2) is 9.53. The highest BCUT2D eigenvalue weighted by Crippen LogP contribution is 2.34. The molecule has 0 bridgehead atoms. The fourth-order valence-electron chi connectivity index (χ4n) is 4.15. The summed E-state index contributed by atoms with van der Waals surface area (Å²) >= 11 is 0. The average Bonchev–Trinajstić information content (AvgIpc) is 2.72. The van der Waals surface area contributed by atoms with E-state index in [4.69, 9.17) is 5.26 Å². The summed E-state index contributed by atoms with van der Waals surface area (Å²) in [6.07, 6.45) is 9.48. The van der Waals surface area contributed by atoms with E-state index in [1.165, 1.54) is 43.2 Å². The van der Waals surface area contributed by atoms with Gasteiger partial charge in [-0.15, -0.1) is 0 Å². The molecule has 1 saturated carbocycles. The fraction of sp³-hybridized carbons (Fsp3) is 0.458. The van der Waals surface area contributed by atoms with Gasteiger partial charge in [-0.2, -0.15) is 5.26 Å². The van der Waals surface area contributed by atoms with Crippen molar-refractivity contribution in [1.29, 1.82) is 5.26 Å². The van der Waals surface area contributed by atoms with Crippen molar-refractivity contribution >= 4 is 0 Å². The third-order valence-corrected chi connectivity index (χ3v) is 5.85. The van der Waals surface area contributed by atoms with Crippen LogP contribution in [0.4, 0.5) is 4.39 Å². The number of halogens is 1. The second-order valence-corrected chi connectivity index (χ2v) is 7.64. The van der Waals surface area contributed by atoms with E-state index in [1.54, 1.807) is 0 Å². The maximum atomic E-state index is 12.3. The van der Waals surface area contributed by atoms with Crippen LogP contribution in [0.15, 0.2) is 48.5 Å². The van der Waals surface area contributed by atoms with E-state index < -0.39 is 0 Å². The number of rotatable bonds is 7. The Kier molecular flexibility index (Phi) is 6.83. The molecule has 1 aliphatic carbocycles. The molecule has 1 aliphatic rings. The van der Waals surface area contributed by atoms with Crippen LogP contribution >= 0.6 is 0 Å². The lowest BCUT2D eigenvalue weighted by molar-refractivity contribution is 0.245. The van der Waals surface area contributed by atoms with Crippen LogP contribution in [0.2, 0.25) is 0 Å². The molecule has 0 amide bonds. The summed E-state index contributed by atoms with van der Waals surface area (Å²) in [4.78, 5) is 0. The van der Waals surface area contributed by atoms with E-state index in [-0.39, 0.29) is 6.67 Å². The van der Waals surface area contributed by atoms with Crippen LogP contribution in [0.3, 0.4) is 0 Å². The van der Waals surface area contributed by atoms with Crippen molar-refractivity contribution in [3.05, 3.63) is 59.7 Å². The number of hydrogen-bond acceptors (Lipinski definition) is 1. The van der Waals surface area contributed by atoms with Gasteiger partial charge in [-0.05, 0) is 66.3 Å². The van der Waals surface area contributed by atoms with Gasteiger partial charge in [-0.1, -0.05) is 62.1 Å². The van der Waals surface area contributed by atoms with Gasteiger partial charge >= 0.3 is 0 Å². The van der Waals surface area contributed by atoms with Crippen molar-refractivity contribution in [2.75, 3.05) is 6.67 Å². The first kappa shape index (κ1) is 18.6. The molecule has 0 unspecified atom stereocenters. The normalized spacial score (nSPS) is 19.8. The topological polar surface area (TPSA) is 23.8 Å². The molecule has 26 heavy (non-hydrogen) atoms. The molecule has 0 aromatic heterocycles. The predicted octanol–water partition coefficient (Wildman–Crippen LogP) is 6.71. The zero-order valence-electron chi connectivity index (χ0n) is 15.5. The summed E-state index contributed by atoms with van der Waals surface area (Å²) in [7, 11) is 0. The van der Waals surface area contributed by atoms with Gasteiger partial charge in [0.1, 0.15) is 0 Å². The molecule has 0 atom stereocenters. The maximum Gasteiger partial charge on any atom is 0.0991 e. The van der Waals surface area contributed by atoms with Crippen LogP contribution in [0.25, 0.3) is 11.1 Å². The Morgan fingerprint density at radius 2 is 1.35 bits per heavy atom. The number of aryl methyl sites for hydroxylation is 1. The lowest BCUT2D eigenvalue weighted by atomic mass is 9.78. The molecule has 2 heteroatoms. The molecule has 2 aromatic carbocycles. The third kappa shape index (κ3) is 5.18. The summed E-state index contributed by atoms with van der Waals surface area (Å²) in [5.41, 5.74) is 4.46. The van der Waals surface area contributed by atoms with E-state index in [1.807, 2.05) is 24.3 Å². The van der Waals surface area contributed by atoms with Crippen molar-refractivity contribution in [2.45, 2.75) is 51.4 Å². The number of nitriles is 1. The molecule has 0 spiro atoms. The molecule has 1 nitrogen and oxygen atoms in total. The van der Waals surface area contributed by atoms with Crippen molar-refractivity contribution in [3.63, 3.8) is 0 Å². The minimum absolute atomic E-state index is 0.154. The Balaban J connectivity index is 1.47. The Morgan fingerprint density at radius 3 is 1.88 bits per heavy atom. The minimum Gasteiger partial charge on any atom is -0.251 e. The molecule has 2 aromatic rings. The van der Waals surface area contributed by atoms with Crippen LogP contribution in [0, 0.1) is 23.2 Å². The molecule has 136 valence electrons. The van der Waals surface area contributed by atoms with Crippen LogP contribution in [-0.4, -0.2) is 6.67 Å². The van der Waals surface area contributed by atoms with Gasteiger partial charge in [0.15, 0.2) is 0 Å². The van der Waals surface area contributed by atoms with Crippen molar-refractivity contribution in [1.82, 2.24) is 0 Å². The van der Waals surface area contributed by atoms with Gasteiger partial charge < -0.3 is 0 Å². The lowest BCUT2D eigenvalue weighted by Crippen LogP contribution is -2.15. The Hall–Kier alpha value is -2.14. The molecular weight excluding hydrogens is 321 g/mol. The van der Waals surface area contributed by atoms with E-state index in [9.17, 15) is 4.39 Å². The molecular formula is C24H28FN. The van der Waals surface area contributed by atoms with Gasteiger partial charge in [-0.3, -0.25) is 4.39 Å². The van der Waals surface area contributed by atoms with Gasteiger partial charge in [0.25, 0.3) is 0 Å². The molecule has 1 fully saturated rings. The Morgan fingerprint density at radius 1 is 0.808 bits per heavy atom. The van der Waals surface area contributed by atoms with Gasteiger partial charge in [0, 0.05) is 0 Å². The molecule has 0 aliphatic heterocycles. The summed E-state index contributed by atoms with van der Waals surface area (Å²) < 4.78 is 12.3. The van der Waals surface area contributed by atoms with E-state index in [2.05, 4.69) is 30.3 Å². The lowest BCUT2D eigenvalue weighted by Gasteiger charge is -2.28. The standard InChI is InChI=1S/C24H28FN/c25-17-1-2-19-3-5-20(6-4-19)7-8-21-9-13-23(14-10-21)24-15-11-22(18-26)12-16-24/h9-16,19-20H,1-8,17H2. The summed E-state index contributed by atoms with van der Waals surface area (Å²) in [5, 5.41) is 8.89. The van der Waals surface area contributed by atoms with E-state index in [0.29, 0.717) is 5.56 Å². The maximum absolute atomic E-state index is 12.3. The molecule has 0 N–H and O–H groups in total. The monoisotopic (exact) mass is 349 g/mol. The molecule has 0 heterocycles. The fourth-order valence-corrected chi connectivity index (χ4v) is 4.15. The first-order valence-electron chi connectivity index (χ1n) is 9.94. The Bertz CT molecular complexity index is 703. The third-order valence-electron chi connectivity index (χ3n) is 5.85. The number of nitrogens with zero attached hydrogens (tertiary/aromatic N) is 1.